The van der Waals surface area contributed by atoms with Crippen molar-refractivity contribution in [3.8, 4) is 5.75 Å². The molecule has 0 spiro atoms. The number of nitrogens with zero attached hydrogens (tertiary/aromatic N) is 1. The maximum Gasteiger partial charge on any atom is 0.418 e. The number of amides is 1. The van der Waals surface area contributed by atoms with Crippen molar-refractivity contribution >= 4 is 17.6 Å². The van der Waals surface area contributed by atoms with Gasteiger partial charge in [-0.3, -0.25) is 9.59 Å². The van der Waals surface area contributed by atoms with E-state index in [0.717, 1.165) is 12.1 Å². The molecule has 0 unspecified atom stereocenters. The lowest BCUT2D eigenvalue weighted by Gasteiger charge is -2.21. The van der Waals surface area contributed by atoms with Gasteiger partial charge in [-0.05, 0) is 43.2 Å². The van der Waals surface area contributed by atoms with Crippen LogP contribution in [0.25, 0.3) is 0 Å². The number of carbonyl (C=O) groups is 2. The third kappa shape index (κ3) is 6.37. The summed E-state index contributed by atoms with van der Waals surface area (Å²) in [5.74, 6) is -14.7. The van der Waals surface area contributed by atoms with Gasteiger partial charge in [0, 0.05) is 18.2 Å². The van der Waals surface area contributed by atoms with Crippen LogP contribution in [0.15, 0.2) is 30.3 Å². The Bertz CT molecular complexity index is 1410. The van der Waals surface area contributed by atoms with Crippen LogP contribution in [-0.2, 0) is 23.8 Å². The van der Waals surface area contributed by atoms with Crippen molar-refractivity contribution < 1.29 is 54.6 Å². The summed E-state index contributed by atoms with van der Waals surface area (Å²) in [6.45, 7) is 2.85. The molecule has 1 amide bonds. The molecule has 0 aliphatic rings. The lowest BCUT2D eigenvalue weighted by atomic mass is 10.1. The summed E-state index contributed by atoms with van der Waals surface area (Å²) >= 11 is 0. The van der Waals surface area contributed by atoms with Crippen molar-refractivity contribution in [2.24, 2.45) is 0 Å². The monoisotopic (exact) mass is 578 g/mol. The number of aromatic nitrogens is 1. The van der Waals surface area contributed by atoms with Crippen molar-refractivity contribution in [2.45, 2.75) is 45.3 Å². The number of aliphatic carboxylic acids is 1. The molecule has 1 heterocycles. The van der Waals surface area contributed by atoms with Gasteiger partial charge in [0.05, 0.1) is 24.3 Å². The van der Waals surface area contributed by atoms with E-state index in [0.29, 0.717) is 18.2 Å². The summed E-state index contributed by atoms with van der Waals surface area (Å²) in [4.78, 5) is 24.1. The first-order valence-electron chi connectivity index (χ1n) is 11.7. The van der Waals surface area contributed by atoms with E-state index < -0.39 is 83.2 Å². The summed E-state index contributed by atoms with van der Waals surface area (Å²) in [5, 5.41) is 11.1. The maximum atomic E-state index is 13.9. The molecule has 3 aromatic rings. The molecule has 0 aliphatic heterocycles. The zero-order valence-corrected chi connectivity index (χ0v) is 20.9. The summed E-state index contributed by atoms with van der Waals surface area (Å²) in [6, 6.07) is 4.81. The van der Waals surface area contributed by atoms with Crippen molar-refractivity contribution in [2.75, 3.05) is 11.9 Å². The quantitative estimate of drug-likeness (QED) is 0.160. The molecule has 0 saturated heterocycles. The van der Waals surface area contributed by atoms with E-state index in [-0.39, 0.29) is 17.7 Å². The first kappa shape index (κ1) is 30.4. The molecule has 0 bridgehead atoms. The Morgan fingerprint density at radius 1 is 0.975 bits per heavy atom. The topological polar surface area (TPSA) is 80.6 Å². The lowest BCUT2D eigenvalue weighted by Crippen LogP contribution is -2.23. The van der Waals surface area contributed by atoms with Crippen LogP contribution in [0, 0.1) is 29.1 Å². The van der Waals surface area contributed by atoms with Gasteiger partial charge in [-0.15, -0.1) is 0 Å². The van der Waals surface area contributed by atoms with E-state index in [9.17, 15) is 44.7 Å². The second-order valence-corrected chi connectivity index (χ2v) is 8.74. The lowest BCUT2D eigenvalue weighted by molar-refractivity contribution is -0.137. The molecule has 3 rings (SSSR count). The standard InChI is InChI=1S/C26H22F8N2O4/c1-3-12(2)36-14(8-9-40-24-22(30)20(28)19(27)21(29)23(24)31)5-7-17(36)25(39)35-16-10-13(11-18(37)38)4-6-15(16)26(32,33)34/h4-7,10,12H,3,8-9,11H2,1-2H3,(H,35,39)(H,37,38)/t12-/m0/s1. The Morgan fingerprint density at radius 3 is 2.12 bits per heavy atom. The zero-order chi connectivity index (χ0) is 29.9. The maximum absolute atomic E-state index is 13.9. The van der Waals surface area contributed by atoms with Gasteiger partial charge in [0.15, 0.2) is 5.75 Å². The van der Waals surface area contributed by atoms with E-state index in [2.05, 4.69) is 5.32 Å². The molecule has 6 nitrogen and oxygen atoms in total. The second-order valence-electron chi connectivity index (χ2n) is 8.74. The summed E-state index contributed by atoms with van der Waals surface area (Å²) in [5.41, 5.74) is -1.63. The average molecular weight is 578 g/mol. The number of nitrogens with one attached hydrogen (secondary N) is 1. The van der Waals surface area contributed by atoms with Gasteiger partial charge in [-0.25, -0.2) is 13.2 Å². The van der Waals surface area contributed by atoms with Crippen molar-refractivity contribution in [3.63, 3.8) is 0 Å². The molecule has 0 fully saturated rings. The van der Waals surface area contributed by atoms with E-state index in [1.165, 1.54) is 16.7 Å². The number of hydrogen-bond donors (Lipinski definition) is 2. The largest absolute Gasteiger partial charge is 0.487 e. The highest BCUT2D eigenvalue weighted by molar-refractivity contribution is 6.04. The van der Waals surface area contributed by atoms with E-state index >= 15 is 0 Å². The van der Waals surface area contributed by atoms with Crippen molar-refractivity contribution in [1.29, 1.82) is 0 Å². The van der Waals surface area contributed by atoms with E-state index in [4.69, 9.17) is 9.84 Å². The molecule has 216 valence electrons. The van der Waals surface area contributed by atoms with Gasteiger partial charge >= 0.3 is 12.1 Å². The number of alkyl halides is 3. The predicted octanol–water partition coefficient (Wildman–Crippen LogP) is 6.67. The Balaban J connectivity index is 1.90. The Labute approximate surface area is 222 Å². The first-order valence-corrected chi connectivity index (χ1v) is 11.7. The van der Waals surface area contributed by atoms with Gasteiger partial charge in [0.2, 0.25) is 29.1 Å². The van der Waals surface area contributed by atoms with Crippen LogP contribution in [0.1, 0.15) is 53.6 Å². The Kier molecular flexibility index (Phi) is 9.10. The molecule has 1 aromatic heterocycles. The van der Waals surface area contributed by atoms with Crippen molar-refractivity contribution in [1.82, 2.24) is 4.57 Å². The number of benzene rings is 2. The van der Waals surface area contributed by atoms with Gasteiger partial charge < -0.3 is 19.7 Å². The van der Waals surface area contributed by atoms with Gasteiger partial charge in [0.25, 0.3) is 5.91 Å². The smallest absolute Gasteiger partial charge is 0.418 e. The number of rotatable bonds is 10. The number of carboxylic acid groups (broad SMARTS) is 1. The van der Waals surface area contributed by atoms with Crippen LogP contribution in [0.3, 0.4) is 0 Å². The number of halogens is 8. The van der Waals surface area contributed by atoms with Crippen LogP contribution in [0.5, 0.6) is 5.75 Å². The fourth-order valence-corrected chi connectivity index (χ4v) is 3.96. The third-order valence-electron chi connectivity index (χ3n) is 6.03. The van der Waals surface area contributed by atoms with E-state index in [1.807, 2.05) is 0 Å². The molecule has 0 saturated carbocycles. The minimum absolute atomic E-state index is 0.0130. The minimum atomic E-state index is -4.87. The summed E-state index contributed by atoms with van der Waals surface area (Å²) in [7, 11) is 0. The average Bonchev–Trinajstić information content (AvgIpc) is 3.31. The van der Waals surface area contributed by atoms with Crippen LogP contribution in [0.2, 0.25) is 0 Å². The molecule has 0 radical (unpaired) electrons. The van der Waals surface area contributed by atoms with Crippen molar-refractivity contribution in [3.05, 3.63) is 81.9 Å². The zero-order valence-electron chi connectivity index (χ0n) is 20.9. The number of anilines is 1. The molecule has 40 heavy (non-hydrogen) atoms. The van der Waals surface area contributed by atoms with Crippen LogP contribution in [-0.4, -0.2) is 28.2 Å². The highest BCUT2D eigenvalue weighted by Crippen LogP contribution is 2.36. The van der Waals surface area contributed by atoms with Crippen LogP contribution >= 0.6 is 0 Å². The molecule has 0 aliphatic carbocycles. The third-order valence-corrected chi connectivity index (χ3v) is 6.03. The second kappa shape index (κ2) is 12.0. The number of hydrogen-bond acceptors (Lipinski definition) is 3. The number of carbonyl (C=O) groups excluding carboxylic acids is 1. The highest BCUT2D eigenvalue weighted by Gasteiger charge is 2.34. The molecule has 1 atom stereocenters. The van der Waals surface area contributed by atoms with Gasteiger partial charge in [0.1, 0.15) is 5.69 Å². The Morgan fingerprint density at radius 2 is 1.57 bits per heavy atom. The molecule has 2 N–H and O–H groups in total. The van der Waals surface area contributed by atoms with Crippen LogP contribution in [0.4, 0.5) is 40.8 Å². The van der Waals surface area contributed by atoms with Crippen LogP contribution < -0.4 is 10.1 Å². The van der Waals surface area contributed by atoms with Gasteiger partial charge in [-0.1, -0.05) is 13.0 Å². The fourth-order valence-electron chi connectivity index (χ4n) is 3.96. The fraction of sp³-hybridized carbons (Fsp3) is 0.308. The summed E-state index contributed by atoms with van der Waals surface area (Å²) < 4.78 is 115. The predicted molar refractivity (Wildman–Crippen MR) is 126 cm³/mol. The highest BCUT2D eigenvalue weighted by atomic mass is 19.4. The first-order chi connectivity index (χ1) is 18.7. The molecule has 14 heteroatoms. The molecular formula is C26H22F8N2O4. The number of ether oxygens (including phenoxy) is 1. The van der Waals surface area contributed by atoms with E-state index in [1.54, 1.807) is 13.8 Å². The SMILES string of the molecule is CC[C@H](C)n1c(CCOc2c(F)c(F)c(F)c(F)c2F)ccc1C(=O)Nc1cc(CC(=O)O)ccc1C(F)(F)F. The van der Waals surface area contributed by atoms with Gasteiger partial charge in [-0.2, -0.15) is 22.0 Å². The summed E-state index contributed by atoms with van der Waals surface area (Å²) in [6.07, 6.45) is -5.20. The molecule has 2 aromatic carbocycles. The number of carboxylic acids is 1. The Hall–Kier alpha value is -4.10. The molecular weight excluding hydrogens is 556 g/mol. The normalized spacial score (nSPS) is 12.3. The minimum Gasteiger partial charge on any atom is -0.487 e.